The van der Waals surface area contributed by atoms with Crippen LogP contribution in [0, 0.1) is 0 Å². The molecule has 2 aliphatic heterocycles. The lowest BCUT2D eigenvalue weighted by Gasteiger charge is -2.27. The van der Waals surface area contributed by atoms with Gasteiger partial charge in [-0.3, -0.25) is 4.79 Å². The maximum Gasteiger partial charge on any atom is 0.131 e. The summed E-state index contributed by atoms with van der Waals surface area (Å²) in [5, 5.41) is 0.821. The number of hydrogen-bond donors (Lipinski definition) is 0. The van der Waals surface area contributed by atoms with Gasteiger partial charge in [0, 0.05) is 42.8 Å². The van der Waals surface area contributed by atoms with Crippen molar-refractivity contribution in [3.05, 3.63) is 28.8 Å². The molecule has 1 unspecified atom stereocenters. The van der Waals surface area contributed by atoms with Crippen LogP contribution in [0.5, 0.6) is 0 Å². The minimum absolute atomic E-state index is 0.285. The highest BCUT2D eigenvalue weighted by Gasteiger charge is 2.32. The smallest absolute Gasteiger partial charge is 0.131 e. The third-order valence-electron chi connectivity index (χ3n) is 4.38. The van der Waals surface area contributed by atoms with Crippen LogP contribution < -0.4 is 4.90 Å². The Bertz CT molecular complexity index is 517. The van der Waals surface area contributed by atoms with E-state index in [-0.39, 0.29) is 5.78 Å². The molecular weight excluding hydrogens is 272 g/mol. The topological polar surface area (TPSA) is 23.6 Å². The van der Waals surface area contributed by atoms with Crippen molar-refractivity contribution in [3.8, 4) is 0 Å². The van der Waals surface area contributed by atoms with Crippen LogP contribution in [0.2, 0.25) is 5.02 Å². The molecule has 20 heavy (non-hydrogen) atoms. The van der Waals surface area contributed by atoms with E-state index >= 15 is 0 Å². The highest BCUT2D eigenvalue weighted by Crippen LogP contribution is 2.35. The Labute approximate surface area is 125 Å². The summed E-state index contributed by atoms with van der Waals surface area (Å²) >= 11 is 6.13. The second kappa shape index (κ2) is 5.74. The van der Waals surface area contributed by atoms with Crippen molar-refractivity contribution in [1.82, 2.24) is 4.90 Å². The fourth-order valence-electron chi connectivity index (χ4n) is 3.38. The minimum atomic E-state index is 0.285. The number of rotatable bonds is 3. The van der Waals surface area contributed by atoms with E-state index in [0.29, 0.717) is 12.5 Å². The molecule has 2 heterocycles. The third-order valence-corrected chi connectivity index (χ3v) is 4.61. The predicted molar refractivity (Wildman–Crippen MR) is 82.6 cm³/mol. The van der Waals surface area contributed by atoms with Crippen LogP contribution in [0.15, 0.2) is 18.2 Å². The van der Waals surface area contributed by atoms with Gasteiger partial charge in [0.15, 0.2) is 0 Å². The van der Waals surface area contributed by atoms with Gasteiger partial charge in [-0.25, -0.2) is 0 Å². The molecule has 1 aromatic rings. The summed E-state index contributed by atoms with van der Waals surface area (Å²) in [6.45, 7) is 5.82. The minimum Gasteiger partial charge on any atom is -0.367 e. The van der Waals surface area contributed by atoms with Gasteiger partial charge in [-0.05, 0) is 44.0 Å². The largest absolute Gasteiger partial charge is 0.367 e. The van der Waals surface area contributed by atoms with Crippen LogP contribution in [-0.2, 0) is 11.2 Å². The standard InChI is InChI=1S/C16H21ClN2O/c1-12(20)5-8-18-6-2-7-19-15(11-18)9-13-3-4-14(17)10-16(13)19/h3-4,10,15H,2,5-9,11H2,1H3. The molecule has 1 aromatic carbocycles. The number of halogens is 1. The number of hydrogen-bond acceptors (Lipinski definition) is 3. The van der Waals surface area contributed by atoms with Gasteiger partial charge in [0.05, 0.1) is 0 Å². The van der Waals surface area contributed by atoms with Crippen molar-refractivity contribution in [1.29, 1.82) is 0 Å². The zero-order chi connectivity index (χ0) is 14.1. The summed E-state index contributed by atoms with van der Waals surface area (Å²) in [5.41, 5.74) is 2.73. The highest BCUT2D eigenvalue weighted by atomic mass is 35.5. The molecule has 2 aliphatic rings. The van der Waals surface area contributed by atoms with Crippen molar-refractivity contribution in [2.24, 2.45) is 0 Å². The number of nitrogens with zero attached hydrogens (tertiary/aromatic N) is 2. The Morgan fingerprint density at radius 1 is 1.40 bits per heavy atom. The molecule has 1 saturated heterocycles. The SMILES string of the molecule is CC(=O)CCN1CCCN2c3cc(Cl)ccc3CC2C1. The zero-order valence-electron chi connectivity index (χ0n) is 11.9. The number of fused-ring (bicyclic) bond motifs is 3. The molecule has 4 heteroatoms. The van der Waals surface area contributed by atoms with Crippen LogP contribution in [-0.4, -0.2) is 42.9 Å². The van der Waals surface area contributed by atoms with Gasteiger partial charge in [-0.2, -0.15) is 0 Å². The van der Waals surface area contributed by atoms with Crippen LogP contribution in [0.25, 0.3) is 0 Å². The molecule has 0 saturated carbocycles. The van der Waals surface area contributed by atoms with E-state index in [4.69, 9.17) is 11.6 Å². The first-order valence-corrected chi connectivity index (χ1v) is 7.78. The number of Topliss-reactive ketones (excluding diaryl/α,β-unsaturated/α-hetero) is 1. The first-order chi connectivity index (χ1) is 9.63. The van der Waals surface area contributed by atoms with Gasteiger partial charge in [0.2, 0.25) is 0 Å². The number of anilines is 1. The van der Waals surface area contributed by atoms with Gasteiger partial charge in [0.1, 0.15) is 5.78 Å². The van der Waals surface area contributed by atoms with E-state index < -0.39 is 0 Å². The van der Waals surface area contributed by atoms with Gasteiger partial charge < -0.3 is 9.80 Å². The zero-order valence-corrected chi connectivity index (χ0v) is 12.7. The Balaban J connectivity index is 1.72. The lowest BCUT2D eigenvalue weighted by Crippen LogP contribution is -2.39. The summed E-state index contributed by atoms with van der Waals surface area (Å²) in [6.07, 6.45) is 2.93. The monoisotopic (exact) mass is 292 g/mol. The van der Waals surface area contributed by atoms with Crippen LogP contribution in [0.1, 0.15) is 25.3 Å². The van der Waals surface area contributed by atoms with E-state index in [2.05, 4.69) is 21.9 Å². The molecule has 0 aromatic heterocycles. The molecule has 0 bridgehead atoms. The fraction of sp³-hybridized carbons (Fsp3) is 0.562. The van der Waals surface area contributed by atoms with Crippen molar-refractivity contribution in [2.75, 3.05) is 31.1 Å². The number of carbonyl (C=O) groups is 1. The summed E-state index contributed by atoms with van der Waals surface area (Å²) in [6, 6.07) is 6.78. The second-order valence-electron chi connectivity index (χ2n) is 5.93. The molecule has 1 atom stereocenters. The fourth-order valence-corrected chi connectivity index (χ4v) is 3.54. The lowest BCUT2D eigenvalue weighted by molar-refractivity contribution is -0.117. The molecule has 0 aliphatic carbocycles. The van der Waals surface area contributed by atoms with E-state index in [9.17, 15) is 4.79 Å². The number of carbonyl (C=O) groups excluding carboxylic acids is 1. The van der Waals surface area contributed by atoms with Gasteiger partial charge in [-0.15, -0.1) is 0 Å². The Morgan fingerprint density at radius 2 is 2.25 bits per heavy atom. The highest BCUT2D eigenvalue weighted by molar-refractivity contribution is 6.30. The third kappa shape index (κ3) is 2.84. The maximum atomic E-state index is 11.2. The van der Waals surface area contributed by atoms with Crippen molar-refractivity contribution in [3.63, 3.8) is 0 Å². The molecule has 3 rings (SSSR count). The average molecular weight is 293 g/mol. The van der Waals surface area contributed by atoms with Crippen LogP contribution >= 0.6 is 11.6 Å². The van der Waals surface area contributed by atoms with Gasteiger partial charge in [0.25, 0.3) is 0 Å². The first kappa shape index (κ1) is 13.9. The van der Waals surface area contributed by atoms with Crippen molar-refractivity contribution in [2.45, 2.75) is 32.2 Å². The molecule has 108 valence electrons. The summed E-state index contributed by atoms with van der Waals surface area (Å²) < 4.78 is 0. The Kier molecular flexibility index (Phi) is 3.99. The molecular formula is C16H21ClN2O. The Morgan fingerprint density at radius 3 is 3.05 bits per heavy atom. The number of benzene rings is 1. The summed E-state index contributed by atoms with van der Waals surface area (Å²) in [4.78, 5) is 16.1. The van der Waals surface area contributed by atoms with Crippen LogP contribution in [0.3, 0.4) is 0 Å². The van der Waals surface area contributed by atoms with E-state index in [0.717, 1.165) is 44.0 Å². The molecule has 3 nitrogen and oxygen atoms in total. The molecule has 0 spiro atoms. The molecule has 1 fully saturated rings. The summed E-state index contributed by atoms with van der Waals surface area (Å²) in [5.74, 6) is 0.285. The number of ketones is 1. The maximum absolute atomic E-state index is 11.2. The quantitative estimate of drug-likeness (QED) is 0.856. The predicted octanol–water partition coefficient (Wildman–Crippen LogP) is 2.76. The first-order valence-electron chi connectivity index (χ1n) is 7.40. The normalized spacial score (nSPS) is 22.3. The second-order valence-corrected chi connectivity index (χ2v) is 6.37. The molecule has 0 N–H and O–H groups in total. The van der Waals surface area contributed by atoms with Crippen LogP contribution in [0.4, 0.5) is 5.69 Å². The summed E-state index contributed by atoms with van der Waals surface area (Å²) in [7, 11) is 0. The van der Waals surface area contributed by atoms with E-state index in [1.54, 1.807) is 6.92 Å². The lowest BCUT2D eigenvalue weighted by atomic mass is 10.1. The molecule has 0 amide bonds. The van der Waals surface area contributed by atoms with Gasteiger partial charge >= 0.3 is 0 Å². The average Bonchev–Trinajstić information content (AvgIpc) is 2.61. The van der Waals surface area contributed by atoms with Crippen molar-refractivity contribution >= 4 is 23.1 Å². The molecule has 0 radical (unpaired) electrons. The van der Waals surface area contributed by atoms with Crippen molar-refractivity contribution < 1.29 is 4.79 Å². The van der Waals surface area contributed by atoms with E-state index in [1.165, 1.54) is 11.3 Å². The van der Waals surface area contributed by atoms with Gasteiger partial charge in [-0.1, -0.05) is 17.7 Å². The Hall–Kier alpha value is -1.06. The van der Waals surface area contributed by atoms with E-state index in [1.807, 2.05) is 6.07 Å².